The average Bonchev–Trinajstić information content (AvgIpc) is 2.63. The van der Waals surface area contributed by atoms with Crippen LogP contribution in [0.1, 0.15) is 28.8 Å². The van der Waals surface area contributed by atoms with Gasteiger partial charge < -0.3 is 0 Å². The highest BCUT2D eigenvalue weighted by atomic mass is 79.9. The molecule has 19 heavy (non-hydrogen) atoms. The number of rotatable bonds is 4. The lowest BCUT2D eigenvalue weighted by Gasteiger charge is -2.15. The zero-order chi connectivity index (χ0) is 14.0. The molecule has 0 radical (unpaired) electrons. The van der Waals surface area contributed by atoms with Gasteiger partial charge >= 0.3 is 0 Å². The van der Waals surface area contributed by atoms with Crippen LogP contribution in [0.15, 0.2) is 16.9 Å². The molecule has 0 aliphatic carbocycles. The molecule has 0 aromatic carbocycles. The van der Waals surface area contributed by atoms with Gasteiger partial charge in [-0.05, 0) is 29.8 Å². The molecule has 2 heterocycles. The second kappa shape index (κ2) is 5.77. The van der Waals surface area contributed by atoms with Crippen molar-refractivity contribution in [2.75, 3.05) is 0 Å². The van der Waals surface area contributed by atoms with Gasteiger partial charge in [0, 0.05) is 19.7 Å². The van der Waals surface area contributed by atoms with Gasteiger partial charge in [0.05, 0.1) is 39.5 Å². The molecule has 3 N–H and O–H groups in total. The van der Waals surface area contributed by atoms with Gasteiger partial charge in [-0.3, -0.25) is 25.9 Å². The van der Waals surface area contributed by atoms with Crippen molar-refractivity contribution in [1.82, 2.24) is 25.2 Å². The minimum Gasteiger partial charge on any atom is -0.271 e. The summed E-state index contributed by atoms with van der Waals surface area (Å²) in [5.41, 5.74) is 6.52. The number of nitrogens with one attached hydrogen (secondary N) is 1. The Kier molecular flexibility index (Phi) is 4.28. The molecule has 0 saturated heterocycles. The number of aryl methyl sites for hydroxylation is 3. The van der Waals surface area contributed by atoms with E-state index in [9.17, 15) is 0 Å². The molecule has 2 aromatic rings. The normalized spacial score (nSPS) is 12.7. The minimum absolute atomic E-state index is 0.0980. The van der Waals surface area contributed by atoms with Gasteiger partial charge in [0.15, 0.2) is 0 Å². The fraction of sp³-hybridized carbons (Fsp3) is 0.417. The first kappa shape index (κ1) is 14.1. The van der Waals surface area contributed by atoms with Gasteiger partial charge in [-0.1, -0.05) is 0 Å². The van der Waals surface area contributed by atoms with Crippen LogP contribution in [0.3, 0.4) is 0 Å². The summed E-state index contributed by atoms with van der Waals surface area (Å²) in [4.78, 5) is 8.61. The molecular weight excluding hydrogens is 308 g/mol. The van der Waals surface area contributed by atoms with Crippen molar-refractivity contribution in [3.63, 3.8) is 0 Å². The van der Waals surface area contributed by atoms with Crippen molar-refractivity contribution in [1.29, 1.82) is 0 Å². The van der Waals surface area contributed by atoms with E-state index < -0.39 is 0 Å². The van der Waals surface area contributed by atoms with Gasteiger partial charge in [-0.2, -0.15) is 5.10 Å². The molecule has 2 aromatic heterocycles. The SMILES string of the molecule is Cc1cnc(C(Cc2c(Br)c(C)nn2C)NN)cn1. The zero-order valence-electron chi connectivity index (χ0n) is 11.2. The molecule has 7 heteroatoms. The van der Waals surface area contributed by atoms with Crippen LogP contribution in [-0.2, 0) is 13.5 Å². The summed E-state index contributed by atoms with van der Waals surface area (Å²) < 4.78 is 2.86. The summed E-state index contributed by atoms with van der Waals surface area (Å²) in [6.07, 6.45) is 4.17. The van der Waals surface area contributed by atoms with E-state index in [1.807, 2.05) is 25.6 Å². The van der Waals surface area contributed by atoms with Crippen LogP contribution in [0.25, 0.3) is 0 Å². The number of hydrazine groups is 1. The van der Waals surface area contributed by atoms with Gasteiger partial charge in [-0.15, -0.1) is 0 Å². The molecule has 6 nitrogen and oxygen atoms in total. The summed E-state index contributed by atoms with van der Waals surface area (Å²) in [6, 6.07) is -0.0980. The molecular formula is C12H17BrN6. The van der Waals surface area contributed by atoms with Crippen LogP contribution in [0.5, 0.6) is 0 Å². The molecule has 0 amide bonds. The summed E-state index contributed by atoms with van der Waals surface area (Å²) in [7, 11) is 1.92. The molecule has 0 saturated carbocycles. The van der Waals surface area contributed by atoms with Crippen molar-refractivity contribution in [2.45, 2.75) is 26.3 Å². The monoisotopic (exact) mass is 324 g/mol. The maximum Gasteiger partial charge on any atom is 0.0773 e. The Bertz CT molecular complexity index is 562. The number of aromatic nitrogens is 4. The van der Waals surface area contributed by atoms with E-state index >= 15 is 0 Å². The Morgan fingerprint density at radius 3 is 2.58 bits per heavy atom. The lowest BCUT2D eigenvalue weighted by Crippen LogP contribution is -2.31. The second-order valence-electron chi connectivity index (χ2n) is 4.48. The number of hydrogen-bond donors (Lipinski definition) is 2. The van der Waals surface area contributed by atoms with Crippen molar-refractivity contribution in [2.24, 2.45) is 12.9 Å². The summed E-state index contributed by atoms with van der Waals surface area (Å²) >= 11 is 3.55. The molecule has 102 valence electrons. The third kappa shape index (κ3) is 2.99. The predicted molar refractivity (Wildman–Crippen MR) is 76.2 cm³/mol. The first-order valence-corrected chi connectivity index (χ1v) is 6.75. The smallest absolute Gasteiger partial charge is 0.0773 e. The molecule has 0 aliphatic rings. The standard InChI is InChI=1S/C12H17BrN6/c1-7-5-16-10(6-15-7)9(17-14)4-11-12(13)8(2)18-19(11)3/h5-6,9,17H,4,14H2,1-3H3. The zero-order valence-corrected chi connectivity index (χ0v) is 12.8. The van der Waals surface area contributed by atoms with Gasteiger partial charge in [-0.25, -0.2) is 0 Å². The molecule has 0 bridgehead atoms. The second-order valence-corrected chi connectivity index (χ2v) is 5.27. The summed E-state index contributed by atoms with van der Waals surface area (Å²) in [5.74, 6) is 5.63. The van der Waals surface area contributed by atoms with Crippen LogP contribution in [-0.4, -0.2) is 19.7 Å². The number of nitrogens with two attached hydrogens (primary N) is 1. The summed E-state index contributed by atoms with van der Waals surface area (Å²) in [5, 5.41) is 4.37. The number of hydrogen-bond acceptors (Lipinski definition) is 5. The van der Waals surface area contributed by atoms with Crippen molar-refractivity contribution in [3.8, 4) is 0 Å². The van der Waals surface area contributed by atoms with Crippen LogP contribution < -0.4 is 11.3 Å². The van der Waals surface area contributed by atoms with Gasteiger partial charge in [0.2, 0.25) is 0 Å². The van der Waals surface area contributed by atoms with Gasteiger partial charge in [0.1, 0.15) is 0 Å². The van der Waals surface area contributed by atoms with Crippen molar-refractivity contribution < 1.29 is 0 Å². The van der Waals surface area contributed by atoms with E-state index in [1.165, 1.54) is 0 Å². The Balaban J connectivity index is 2.26. The number of halogens is 1. The Labute approximate surface area is 120 Å². The van der Waals surface area contributed by atoms with Crippen LogP contribution in [0.4, 0.5) is 0 Å². The highest BCUT2D eigenvalue weighted by molar-refractivity contribution is 9.10. The van der Waals surface area contributed by atoms with E-state index in [4.69, 9.17) is 5.84 Å². The molecule has 0 aliphatic heterocycles. The van der Waals surface area contributed by atoms with E-state index in [1.54, 1.807) is 12.4 Å². The molecule has 2 rings (SSSR count). The fourth-order valence-corrected chi connectivity index (χ4v) is 2.42. The van der Waals surface area contributed by atoms with Crippen molar-refractivity contribution >= 4 is 15.9 Å². The fourth-order valence-electron chi connectivity index (χ4n) is 1.93. The van der Waals surface area contributed by atoms with E-state index in [0.29, 0.717) is 6.42 Å². The molecule has 0 fully saturated rings. The lowest BCUT2D eigenvalue weighted by molar-refractivity contribution is 0.515. The molecule has 1 unspecified atom stereocenters. The Hall–Kier alpha value is -1.31. The predicted octanol–water partition coefficient (Wildman–Crippen LogP) is 1.34. The first-order valence-electron chi connectivity index (χ1n) is 5.95. The van der Waals surface area contributed by atoms with Crippen molar-refractivity contribution in [3.05, 3.63) is 39.6 Å². The largest absolute Gasteiger partial charge is 0.271 e. The number of nitrogens with zero attached hydrogens (tertiary/aromatic N) is 4. The average molecular weight is 325 g/mol. The van der Waals surface area contributed by atoms with Crippen LogP contribution in [0, 0.1) is 13.8 Å². The quantitative estimate of drug-likeness (QED) is 0.655. The minimum atomic E-state index is -0.0980. The Morgan fingerprint density at radius 1 is 1.37 bits per heavy atom. The van der Waals surface area contributed by atoms with Gasteiger partial charge in [0.25, 0.3) is 0 Å². The van der Waals surface area contributed by atoms with E-state index in [-0.39, 0.29) is 6.04 Å². The molecule has 0 spiro atoms. The highest BCUT2D eigenvalue weighted by Crippen LogP contribution is 2.24. The van der Waals surface area contributed by atoms with Crippen LogP contribution >= 0.6 is 15.9 Å². The third-order valence-corrected chi connectivity index (χ3v) is 4.05. The maximum atomic E-state index is 5.63. The van der Waals surface area contributed by atoms with E-state index in [0.717, 1.165) is 27.2 Å². The highest BCUT2D eigenvalue weighted by Gasteiger charge is 2.18. The lowest BCUT2D eigenvalue weighted by atomic mass is 10.1. The third-order valence-electron chi connectivity index (χ3n) is 3.02. The first-order chi connectivity index (χ1) is 9.02. The summed E-state index contributed by atoms with van der Waals surface area (Å²) in [6.45, 7) is 3.87. The van der Waals surface area contributed by atoms with E-state index in [2.05, 4.69) is 36.4 Å². The van der Waals surface area contributed by atoms with Crippen LogP contribution in [0.2, 0.25) is 0 Å². The molecule has 1 atom stereocenters. The topological polar surface area (TPSA) is 81.7 Å². The maximum absolute atomic E-state index is 5.63. The Morgan fingerprint density at radius 2 is 2.11 bits per heavy atom.